The summed E-state index contributed by atoms with van der Waals surface area (Å²) in [7, 11) is 0. The highest BCUT2D eigenvalue weighted by atomic mass is 16.5. The van der Waals surface area contributed by atoms with Gasteiger partial charge in [0.05, 0.1) is 13.0 Å². The first-order chi connectivity index (χ1) is 10.5. The number of carboxylic acid groups (broad SMARTS) is 1. The van der Waals surface area contributed by atoms with Crippen LogP contribution in [0, 0.1) is 0 Å². The number of rotatable bonds is 6. The van der Waals surface area contributed by atoms with Crippen LogP contribution in [0.5, 0.6) is 5.75 Å². The van der Waals surface area contributed by atoms with Crippen LogP contribution in [0.2, 0.25) is 0 Å². The van der Waals surface area contributed by atoms with E-state index < -0.39 is 17.9 Å². The molecule has 22 heavy (non-hydrogen) atoms. The Morgan fingerprint density at radius 2 is 1.95 bits per heavy atom. The lowest BCUT2D eigenvalue weighted by molar-refractivity contribution is -0.148. The molecule has 1 atom stereocenters. The maximum atomic E-state index is 12.0. The molecule has 3 N–H and O–H groups in total. The minimum atomic E-state index is -0.964. The van der Waals surface area contributed by atoms with Crippen molar-refractivity contribution in [3.63, 3.8) is 0 Å². The number of nitrogens with two attached hydrogens (primary N) is 1. The van der Waals surface area contributed by atoms with Crippen molar-refractivity contribution in [2.45, 2.75) is 25.3 Å². The van der Waals surface area contributed by atoms with E-state index in [0.717, 1.165) is 0 Å². The van der Waals surface area contributed by atoms with E-state index >= 15 is 0 Å². The minimum Gasteiger partial charge on any atom is -0.493 e. The van der Waals surface area contributed by atoms with Crippen molar-refractivity contribution in [1.82, 2.24) is 4.90 Å². The van der Waals surface area contributed by atoms with Crippen LogP contribution in [-0.2, 0) is 9.59 Å². The number of carbonyl (C=O) groups is 3. The van der Waals surface area contributed by atoms with E-state index in [2.05, 4.69) is 0 Å². The summed E-state index contributed by atoms with van der Waals surface area (Å²) in [5.74, 6) is -1.18. The van der Waals surface area contributed by atoms with Crippen molar-refractivity contribution >= 4 is 17.8 Å². The van der Waals surface area contributed by atoms with Crippen LogP contribution in [0.25, 0.3) is 0 Å². The molecule has 2 amide bonds. The van der Waals surface area contributed by atoms with E-state index in [0.29, 0.717) is 30.7 Å². The quantitative estimate of drug-likeness (QED) is 0.801. The van der Waals surface area contributed by atoms with E-state index in [-0.39, 0.29) is 18.9 Å². The Kier molecular flexibility index (Phi) is 4.98. The molecule has 0 saturated carbocycles. The number of primary amides is 1. The Balaban J connectivity index is 1.81. The SMILES string of the molecule is NC(=O)c1ccc(OCCC(=O)N2CCCC2C(=O)O)cc1. The van der Waals surface area contributed by atoms with E-state index in [1.807, 2.05) is 0 Å². The van der Waals surface area contributed by atoms with Crippen LogP contribution < -0.4 is 10.5 Å². The number of aliphatic carboxylic acids is 1. The Bertz CT molecular complexity index is 570. The smallest absolute Gasteiger partial charge is 0.326 e. The van der Waals surface area contributed by atoms with Crippen LogP contribution in [-0.4, -0.2) is 47.0 Å². The molecular weight excluding hydrogens is 288 g/mol. The third-order valence-electron chi connectivity index (χ3n) is 3.58. The van der Waals surface area contributed by atoms with Gasteiger partial charge in [0, 0.05) is 12.1 Å². The van der Waals surface area contributed by atoms with E-state index in [9.17, 15) is 14.4 Å². The first-order valence-electron chi connectivity index (χ1n) is 7.04. The minimum absolute atomic E-state index is 0.112. The summed E-state index contributed by atoms with van der Waals surface area (Å²) in [6, 6.07) is 5.56. The van der Waals surface area contributed by atoms with Crippen LogP contribution in [0.1, 0.15) is 29.6 Å². The van der Waals surface area contributed by atoms with E-state index in [1.54, 1.807) is 24.3 Å². The first-order valence-corrected chi connectivity index (χ1v) is 7.04. The number of carbonyl (C=O) groups excluding carboxylic acids is 2. The van der Waals surface area contributed by atoms with Gasteiger partial charge in [-0.25, -0.2) is 4.79 Å². The van der Waals surface area contributed by atoms with Gasteiger partial charge >= 0.3 is 5.97 Å². The Morgan fingerprint density at radius 3 is 2.55 bits per heavy atom. The number of benzene rings is 1. The zero-order chi connectivity index (χ0) is 16.1. The first kappa shape index (κ1) is 15.8. The lowest BCUT2D eigenvalue weighted by atomic mass is 10.2. The van der Waals surface area contributed by atoms with Gasteiger partial charge in [0.15, 0.2) is 0 Å². The third kappa shape index (κ3) is 3.75. The van der Waals surface area contributed by atoms with Crippen LogP contribution in [0.4, 0.5) is 0 Å². The molecule has 118 valence electrons. The fourth-order valence-electron chi connectivity index (χ4n) is 2.44. The summed E-state index contributed by atoms with van der Waals surface area (Å²) in [4.78, 5) is 35.4. The number of nitrogens with zero attached hydrogens (tertiary/aromatic N) is 1. The molecule has 1 aromatic rings. The Hall–Kier alpha value is -2.57. The molecule has 2 rings (SSSR count). The summed E-state index contributed by atoms with van der Waals surface area (Å²) in [6.07, 6.45) is 1.32. The van der Waals surface area contributed by atoms with E-state index in [1.165, 1.54) is 4.90 Å². The lowest BCUT2D eigenvalue weighted by Crippen LogP contribution is -2.40. The Morgan fingerprint density at radius 1 is 1.27 bits per heavy atom. The fourth-order valence-corrected chi connectivity index (χ4v) is 2.44. The predicted octanol–water partition coefficient (Wildman–Crippen LogP) is 0.630. The number of amides is 2. The maximum Gasteiger partial charge on any atom is 0.326 e. The molecule has 0 aromatic heterocycles. The molecule has 1 saturated heterocycles. The van der Waals surface area contributed by atoms with Gasteiger partial charge in [-0.1, -0.05) is 0 Å². The van der Waals surface area contributed by atoms with Crippen molar-refractivity contribution in [1.29, 1.82) is 0 Å². The van der Waals surface area contributed by atoms with Crippen molar-refractivity contribution in [3.8, 4) is 5.75 Å². The highest BCUT2D eigenvalue weighted by molar-refractivity contribution is 5.92. The summed E-state index contributed by atoms with van der Waals surface area (Å²) in [5.41, 5.74) is 5.51. The molecular formula is C15H18N2O5. The number of likely N-dealkylation sites (tertiary alicyclic amines) is 1. The molecule has 0 aliphatic carbocycles. The summed E-state index contributed by atoms with van der Waals surface area (Å²) in [5, 5.41) is 9.04. The molecule has 1 aromatic carbocycles. The van der Waals surface area contributed by atoms with Crippen LogP contribution >= 0.6 is 0 Å². The van der Waals surface area contributed by atoms with Gasteiger partial charge in [-0.3, -0.25) is 9.59 Å². The predicted molar refractivity (Wildman–Crippen MR) is 77.4 cm³/mol. The monoisotopic (exact) mass is 306 g/mol. The average molecular weight is 306 g/mol. The fraction of sp³-hybridized carbons (Fsp3) is 0.400. The van der Waals surface area contributed by atoms with Gasteiger partial charge in [-0.15, -0.1) is 0 Å². The topological polar surface area (TPSA) is 110 Å². The summed E-state index contributed by atoms with van der Waals surface area (Å²) >= 11 is 0. The molecule has 0 radical (unpaired) electrons. The second kappa shape index (κ2) is 6.93. The number of ether oxygens (including phenoxy) is 1. The van der Waals surface area contributed by atoms with Crippen molar-refractivity contribution in [2.75, 3.05) is 13.2 Å². The molecule has 1 unspecified atom stereocenters. The van der Waals surface area contributed by atoms with Gasteiger partial charge in [-0.05, 0) is 37.1 Å². The van der Waals surface area contributed by atoms with Gasteiger partial charge in [0.1, 0.15) is 11.8 Å². The summed E-state index contributed by atoms with van der Waals surface area (Å²) in [6.45, 7) is 0.626. The van der Waals surface area contributed by atoms with Crippen molar-refractivity contribution in [2.24, 2.45) is 5.73 Å². The molecule has 1 fully saturated rings. The molecule has 1 aliphatic rings. The van der Waals surface area contributed by atoms with Crippen LogP contribution in [0.15, 0.2) is 24.3 Å². The molecule has 1 aliphatic heterocycles. The highest BCUT2D eigenvalue weighted by Crippen LogP contribution is 2.19. The van der Waals surface area contributed by atoms with Gasteiger partial charge in [0.25, 0.3) is 0 Å². The molecule has 0 spiro atoms. The van der Waals surface area contributed by atoms with Gasteiger partial charge in [0.2, 0.25) is 11.8 Å². The maximum absolute atomic E-state index is 12.0. The van der Waals surface area contributed by atoms with Gasteiger partial charge in [-0.2, -0.15) is 0 Å². The lowest BCUT2D eigenvalue weighted by Gasteiger charge is -2.21. The van der Waals surface area contributed by atoms with Crippen molar-refractivity contribution < 1.29 is 24.2 Å². The van der Waals surface area contributed by atoms with Crippen molar-refractivity contribution in [3.05, 3.63) is 29.8 Å². The Labute approximate surface area is 127 Å². The molecule has 7 heteroatoms. The summed E-state index contributed by atoms with van der Waals surface area (Å²) < 4.78 is 5.42. The zero-order valence-electron chi connectivity index (χ0n) is 12.0. The van der Waals surface area contributed by atoms with Crippen LogP contribution in [0.3, 0.4) is 0 Å². The average Bonchev–Trinajstić information content (AvgIpc) is 2.97. The number of hydrogen-bond acceptors (Lipinski definition) is 4. The normalized spacial score (nSPS) is 17.3. The third-order valence-corrected chi connectivity index (χ3v) is 3.58. The zero-order valence-corrected chi connectivity index (χ0v) is 12.0. The number of hydrogen-bond donors (Lipinski definition) is 2. The van der Waals surface area contributed by atoms with Gasteiger partial charge < -0.3 is 20.5 Å². The molecule has 0 bridgehead atoms. The second-order valence-electron chi connectivity index (χ2n) is 5.07. The van der Waals surface area contributed by atoms with E-state index in [4.69, 9.17) is 15.6 Å². The largest absolute Gasteiger partial charge is 0.493 e. The standard InChI is InChI=1S/C15H18N2O5/c16-14(19)10-3-5-11(6-4-10)22-9-7-13(18)17-8-1-2-12(17)15(20)21/h3-6,12H,1-2,7-9H2,(H2,16,19)(H,20,21). The second-order valence-corrected chi connectivity index (χ2v) is 5.07. The highest BCUT2D eigenvalue weighted by Gasteiger charge is 2.33. The molecule has 1 heterocycles. The number of carboxylic acids is 1. The molecule has 7 nitrogen and oxygen atoms in total.